The summed E-state index contributed by atoms with van der Waals surface area (Å²) in [5.41, 5.74) is 2.62. The van der Waals surface area contributed by atoms with E-state index < -0.39 is 0 Å². The summed E-state index contributed by atoms with van der Waals surface area (Å²) in [6.45, 7) is 1.02. The number of nitrogens with one attached hydrogen (secondary N) is 1. The van der Waals surface area contributed by atoms with Gasteiger partial charge in [0.15, 0.2) is 0 Å². The quantitative estimate of drug-likeness (QED) is 0.727. The Morgan fingerprint density at radius 2 is 2.19 bits per heavy atom. The molecule has 1 aromatic carbocycles. The van der Waals surface area contributed by atoms with Crippen LogP contribution in [0.3, 0.4) is 0 Å². The van der Waals surface area contributed by atoms with Crippen LogP contribution in [0.5, 0.6) is 5.75 Å². The van der Waals surface area contributed by atoms with Crippen LogP contribution in [0.4, 0.5) is 0 Å². The molecule has 86 valence electrons. The number of phenols is 1. The summed E-state index contributed by atoms with van der Waals surface area (Å²) in [6.07, 6.45) is 4.78. The lowest BCUT2D eigenvalue weighted by Crippen LogP contribution is -2.30. The fourth-order valence-corrected chi connectivity index (χ4v) is 3.34. The largest absolute Gasteiger partial charge is 0.506 e. The van der Waals surface area contributed by atoms with Crippen molar-refractivity contribution in [2.24, 2.45) is 0 Å². The minimum atomic E-state index is 0.230. The van der Waals surface area contributed by atoms with Crippen LogP contribution in [-0.2, 0) is 6.42 Å². The molecule has 3 rings (SSSR count). The second kappa shape index (κ2) is 3.94. The fraction of sp³-hybridized carbons (Fsp3) is 0.538. The van der Waals surface area contributed by atoms with E-state index in [1.807, 2.05) is 12.1 Å². The first-order chi connectivity index (χ1) is 7.75. The van der Waals surface area contributed by atoms with Crippen LogP contribution < -0.4 is 5.32 Å². The Hall–Kier alpha value is -0.730. The Morgan fingerprint density at radius 1 is 1.31 bits per heavy atom. The number of halogens is 1. The molecule has 2 atom stereocenters. The Kier molecular flexibility index (Phi) is 2.56. The van der Waals surface area contributed by atoms with Crippen LogP contribution in [0.1, 0.15) is 36.3 Å². The van der Waals surface area contributed by atoms with E-state index in [-0.39, 0.29) is 5.75 Å². The Bertz CT molecular complexity index is 419. The van der Waals surface area contributed by atoms with Gasteiger partial charge in [-0.3, -0.25) is 0 Å². The number of hydrogen-bond donors (Lipinski definition) is 2. The molecule has 2 N–H and O–H groups in total. The van der Waals surface area contributed by atoms with E-state index in [2.05, 4.69) is 5.32 Å². The number of benzene rings is 1. The summed E-state index contributed by atoms with van der Waals surface area (Å²) >= 11 is 5.97. The topological polar surface area (TPSA) is 32.3 Å². The van der Waals surface area contributed by atoms with E-state index in [4.69, 9.17) is 11.6 Å². The van der Waals surface area contributed by atoms with Crippen molar-refractivity contribution < 1.29 is 5.11 Å². The lowest BCUT2D eigenvalue weighted by molar-refractivity contribution is 0.470. The molecule has 16 heavy (non-hydrogen) atoms. The van der Waals surface area contributed by atoms with Crippen LogP contribution in [0.15, 0.2) is 12.1 Å². The number of aromatic hydroxyl groups is 1. The van der Waals surface area contributed by atoms with Crippen molar-refractivity contribution in [1.82, 2.24) is 5.32 Å². The molecule has 1 saturated carbocycles. The lowest BCUT2D eigenvalue weighted by Gasteiger charge is -2.19. The Balaban J connectivity index is 2.09. The molecule has 1 aromatic rings. The zero-order chi connectivity index (χ0) is 11.1. The van der Waals surface area contributed by atoms with Crippen molar-refractivity contribution >= 4 is 11.6 Å². The average molecular weight is 238 g/mol. The lowest BCUT2D eigenvalue weighted by atomic mass is 9.90. The summed E-state index contributed by atoms with van der Waals surface area (Å²) in [4.78, 5) is 0. The normalized spacial score (nSPS) is 28.3. The van der Waals surface area contributed by atoms with Gasteiger partial charge in [0.25, 0.3) is 0 Å². The summed E-state index contributed by atoms with van der Waals surface area (Å²) < 4.78 is 0. The predicted octanol–water partition coefficient (Wildman–Crippen LogP) is 2.83. The minimum Gasteiger partial charge on any atom is -0.506 e. The fourth-order valence-electron chi connectivity index (χ4n) is 3.15. The standard InChI is InChI=1S/C13H16ClNO/c14-11-6-8-4-5-15-12-3-1-2-9(12)10(8)7-13(11)16/h6-7,9,12,15-16H,1-5H2/t9-,12+/m1/s1. The SMILES string of the molecule is Oc1cc2c(cc1Cl)CCN[C@H]1CCC[C@H]21. The molecule has 1 fully saturated rings. The van der Waals surface area contributed by atoms with Crippen molar-refractivity contribution in [3.8, 4) is 5.75 Å². The molecule has 0 unspecified atom stereocenters. The van der Waals surface area contributed by atoms with Gasteiger partial charge in [0.1, 0.15) is 5.75 Å². The third kappa shape index (κ3) is 1.61. The molecule has 0 radical (unpaired) electrons. The van der Waals surface area contributed by atoms with Crippen LogP contribution in [0.25, 0.3) is 0 Å². The van der Waals surface area contributed by atoms with Crippen molar-refractivity contribution in [3.05, 3.63) is 28.3 Å². The van der Waals surface area contributed by atoms with Gasteiger partial charge in [0.2, 0.25) is 0 Å². The van der Waals surface area contributed by atoms with Crippen LogP contribution in [0, 0.1) is 0 Å². The zero-order valence-corrected chi connectivity index (χ0v) is 9.93. The maximum atomic E-state index is 9.73. The van der Waals surface area contributed by atoms with Crippen molar-refractivity contribution in [3.63, 3.8) is 0 Å². The van der Waals surface area contributed by atoms with Gasteiger partial charge in [0.05, 0.1) is 5.02 Å². The minimum absolute atomic E-state index is 0.230. The highest BCUT2D eigenvalue weighted by molar-refractivity contribution is 6.32. The molecule has 0 amide bonds. The second-order valence-electron chi connectivity index (χ2n) is 4.85. The summed E-state index contributed by atoms with van der Waals surface area (Å²) in [7, 11) is 0. The molecule has 1 aliphatic heterocycles. The number of fused-ring (bicyclic) bond motifs is 3. The van der Waals surface area contributed by atoms with Crippen molar-refractivity contribution in [2.75, 3.05) is 6.54 Å². The van der Waals surface area contributed by atoms with Crippen LogP contribution in [0.2, 0.25) is 5.02 Å². The van der Waals surface area contributed by atoms with E-state index in [0.29, 0.717) is 17.0 Å². The van der Waals surface area contributed by atoms with Gasteiger partial charge < -0.3 is 10.4 Å². The molecular weight excluding hydrogens is 222 g/mol. The van der Waals surface area contributed by atoms with E-state index in [0.717, 1.165) is 13.0 Å². The van der Waals surface area contributed by atoms with Gasteiger partial charge in [0, 0.05) is 6.04 Å². The molecule has 2 nitrogen and oxygen atoms in total. The first-order valence-corrected chi connectivity index (χ1v) is 6.38. The molecule has 0 bridgehead atoms. The first kappa shape index (κ1) is 10.4. The van der Waals surface area contributed by atoms with E-state index in [9.17, 15) is 5.11 Å². The van der Waals surface area contributed by atoms with E-state index in [1.54, 1.807) is 0 Å². The highest BCUT2D eigenvalue weighted by atomic mass is 35.5. The number of hydrogen-bond acceptors (Lipinski definition) is 2. The second-order valence-corrected chi connectivity index (χ2v) is 5.26. The van der Waals surface area contributed by atoms with Crippen LogP contribution in [-0.4, -0.2) is 17.7 Å². The van der Waals surface area contributed by atoms with Gasteiger partial charge in [-0.1, -0.05) is 18.0 Å². The van der Waals surface area contributed by atoms with Gasteiger partial charge in [-0.2, -0.15) is 0 Å². The molecule has 0 aromatic heterocycles. The molecule has 0 saturated heterocycles. The number of rotatable bonds is 0. The highest BCUT2D eigenvalue weighted by Gasteiger charge is 2.32. The Labute approximate surface area is 101 Å². The maximum absolute atomic E-state index is 9.73. The summed E-state index contributed by atoms with van der Waals surface area (Å²) in [5, 5.41) is 13.8. The Morgan fingerprint density at radius 3 is 3.06 bits per heavy atom. The zero-order valence-electron chi connectivity index (χ0n) is 9.17. The highest BCUT2D eigenvalue weighted by Crippen LogP contribution is 2.41. The number of phenolic OH excluding ortho intramolecular Hbond substituents is 1. The molecule has 2 aliphatic rings. The average Bonchev–Trinajstić information content (AvgIpc) is 2.65. The third-order valence-electron chi connectivity index (χ3n) is 3.92. The van der Waals surface area contributed by atoms with Crippen LogP contribution >= 0.6 is 11.6 Å². The van der Waals surface area contributed by atoms with Crippen molar-refractivity contribution in [1.29, 1.82) is 0 Å². The molecule has 0 spiro atoms. The smallest absolute Gasteiger partial charge is 0.134 e. The molecule has 1 heterocycles. The molecule has 1 aliphatic carbocycles. The monoisotopic (exact) mass is 237 g/mol. The van der Waals surface area contributed by atoms with Gasteiger partial charge in [-0.25, -0.2) is 0 Å². The third-order valence-corrected chi connectivity index (χ3v) is 4.23. The van der Waals surface area contributed by atoms with Gasteiger partial charge >= 0.3 is 0 Å². The molecular formula is C13H16ClNO. The molecule has 3 heteroatoms. The maximum Gasteiger partial charge on any atom is 0.134 e. The predicted molar refractivity (Wildman–Crippen MR) is 65.2 cm³/mol. The first-order valence-electron chi connectivity index (χ1n) is 6.00. The van der Waals surface area contributed by atoms with E-state index in [1.165, 1.54) is 30.4 Å². The van der Waals surface area contributed by atoms with Gasteiger partial charge in [-0.15, -0.1) is 0 Å². The summed E-state index contributed by atoms with van der Waals surface area (Å²) in [6, 6.07) is 4.42. The van der Waals surface area contributed by atoms with Gasteiger partial charge in [-0.05, 0) is 55.0 Å². The summed E-state index contributed by atoms with van der Waals surface area (Å²) in [5.74, 6) is 0.800. The van der Waals surface area contributed by atoms with Crippen molar-refractivity contribution in [2.45, 2.75) is 37.6 Å². The van der Waals surface area contributed by atoms with E-state index >= 15 is 0 Å².